The minimum absolute atomic E-state index is 0.297. The Kier molecular flexibility index (Phi) is 3.05. The number of nitrogens with zero attached hydrogens (tertiary/aromatic N) is 2. The van der Waals surface area contributed by atoms with Crippen molar-refractivity contribution >= 4 is 10.1 Å². The smallest absolute Gasteiger partial charge is 0.243 e. The van der Waals surface area contributed by atoms with Gasteiger partial charge in [0.1, 0.15) is 12.4 Å². The Labute approximate surface area is 77.4 Å². The van der Waals surface area contributed by atoms with Crippen molar-refractivity contribution < 1.29 is 17.5 Å². The third-order valence-corrected chi connectivity index (χ3v) is 2.42. The first-order valence-electron chi connectivity index (χ1n) is 3.92. The zero-order chi connectivity index (χ0) is 9.90. The highest BCUT2D eigenvalue weighted by atomic mass is 32.2. The van der Waals surface area contributed by atoms with Gasteiger partial charge in [0.05, 0.1) is 23.7 Å². The lowest BCUT2D eigenvalue weighted by atomic mass is 10.5. The van der Waals surface area contributed by atoms with Crippen molar-refractivity contribution in [3.05, 3.63) is 18.7 Å². The Hall–Kier alpha value is -0.880. The summed E-state index contributed by atoms with van der Waals surface area (Å²) in [4.78, 5) is 0. The molecule has 0 spiro atoms. The van der Waals surface area contributed by atoms with Gasteiger partial charge in [-0.2, -0.15) is 0 Å². The first kappa shape index (κ1) is 10.2. The van der Waals surface area contributed by atoms with Gasteiger partial charge in [0, 0.05) is 5.75 Å². The van der Waals surface area contributed by atoms with Gasteiger partial charge in [-0.15, -0.1) is 0 Å². The van der Waals surface area contributed by atoms with E-state index < -0.39 is 10.1 Å². The molecular formula is C7H12N2O3S. The average Bonchev–Trinajstić information content (AvgIpc) is 2.33. The minimum Gasteiger partial charge on any atom is -0.748 e. The number of aromatic nitrogens is 2. The molecule has 0 unspecified atom stereocenters. The predicted molar refractivity (Wildman–Crippen MR) is 44.8 cm³/mol. The molecule has 1 rings (SSSR count). The lowest BCUT2D eigenvalue weighted by Crippen LogP contribution is -2.23. The van der Waals surface area contributed by atoms with E-state index in [-0.39, 0.29) is 5.75 Å². The topological polar surface area (TPSA) is 66.0 Å². The van der Waals surface area contributed by atoms with Crippen LogP contribution in [-0.4, -0.2) is 23.3 Å². The molecule has 0 aromatic carbocycles. The molecule has 0 N–H and O–H groups in total. The van der Waals surface area contributed by atoms with Crippen LogP contribution in [0, 0.1) is 0 Å². The van der Waals surface area contributed by atoms with Crippen LogP contribution in [0.2, 0.25) is 0 Å². The van der Waals surface area contributed by atoms with Gasteiger partial charge in [-0.1, -0.05) is 0 Å². The highest BCUT2D eigenvalue weighted by molar-refractivity contribution is 7.85. The Morgan fingerprint density at radius 1 is 1.54 bits per heavy atom. The fraction of sp³-hybridized carbons (Fsp3) is 0.571. The van der Waals surface area contributed by atoms with Crippen LogP contribution in [0.4, 0.5) is 0 Å². The van der Waals surface area contributed by atoms with Crippen LogP contribution in [-0.2, 0) is 23.7 Å². The van der Waals surface area contributed by atoms with Crippen molar-refractivity contribution in [3.63, 3.8) is 0 Å². The van der Waals surface area contributed by atoms with E-state index in [4.69, 9.17) is 0 Å². The van der Waals surface area contributed by atoms with Crippen LogP contribution in [0.3, 0.4) is 0 Å². The molecule has 13 heavy (non-hydrogen) atoms. The molecule has 6 heteroatoms. The normalized spacial score (nSPS) is 11.8. The number of imidazole rings is 1. The Morgan fingerprint density at radius 2 is 2.23 bits per heavy atom. The van der Waals surface area contributed by atoms with Crippen molar-refractivity contribution in [2.24, 2.45) is 7.05 Å². The maximum absolute atomic E-state index is 10.3. The highest BCUT2D eigenvalue weighted by Gasteiger charge is 2.01. The molecule has 0 saturated heterocycles. The molecule has 0 amide bonds. The van der Waals surface area contributed by atoms with Crippen LogP contribution in [0.5, 0.6) is 0 Å². The van der Waals surface area contributed by atoms with Gasteiger partial charge < -0.3 is 4.55 Å². The first-order valence-corrected chi connectivity index (χ1v) is 5.50. The van der Waals surface area contributed by atoms with E-state index in [2.05, 4.69) is 0 Å². The zero-order valence-electron chi connectivity index (χ0n) is 7.38. The summed E-state index contributed by atoms with van der Waals surface area (Å²) < 4.78 is 34.5. The fourth-order valence-electron chi connectivity index (χ4n) is 1.06. The number of rotatable bonds is 4. The standard InChI is InChI=1S/C7H12N2O3S/c1-8-4-5-9(7-8)3-2-6-13(10,11)12/h4-5,7H,2-3,6H2,1H3. The highest BCUT2D eigenvalue weighted by Crippen LogP contribution is 1.92. The third kappa shape index (κ3) is 4.05. The molecule has 74 valence electrons. The molecule has 0 aliphatic carbocycles. The van der Waals surface area contributed by atoms with Crippen LogP contribution >= 0.6 is 0 Å². The second-order valence-corrected chi connectivity index (χ2v) is 4.46. The molecule has 1 aromatic rings. The van der Waals surface area contributed by atoms with E-state index in [0.717, 1.165) is 0 Å². The summed E-state index contributed by atoms with van der Waals surface area (Å²) in [7, 11) is -2.18. The van der Waals surface area contributed by atoms with E-state index in [1.807, 2.05) is 34.9 Å². The second kappa shape index (κ2) is 3.89. The van der Waals surface area contributed by atoms with Gasteiger partial charge >= 0.3 is 0 Å². The number of hydrogen-bond acceptors (Lipinski definition) is 3. The SMILES string of the molecule is C[n+]1ccn(CCCS(=O)(=O)[O-])c1. The molecule has 0 radical (unpaired) electrons. The van der Waals surface area contributed by atoms with Crippen molar-refractivity contribution in [2.75, 3.05) is 5.75 Å². The molecule has 0 aliphatic rings. The summed E-state index contributed by atoms with van der Waals surface area (Å²) >= 11 is 0. The third-order valence-electron chi connectivity index (χ3n) is 1.63. The number of hydrogen-bond donors (Lipinski definition) is 0. The summed E-state index contributed by atoms with van der Waals surface area (Å²) in [5.41, 5.74) is 0. The van der Waals surface area contributed by atoms with Crippen LogP contribution in [0.1, 0.15) is 6.42 Å². The molecule has 0 atom stereocenters. The first-order chi connectivity index (χ1) is 5.97. The van der Waals surface area contributed by atoms with Gasteiger partial charge in [0.25, 0.3) is 0 Å². The van der Waals surface area contributed by atoms with Crippen molar-refractivity contribution in [1.82, 2.24) is 4.57 Å². The quantitative estimate of drug-likeness (QED) is 0.478. The van der Waals surface area contributed by atoms with Gasteiger partial charge in [0.15, 0.2) is 0 Å². The van der Waals surface area contributed by atoms with E-state index >= 15 is 0 Å². The summed E-state index contributed by atoms with van der Waals surface area (Å²) in [5.74, 6) is -0.297. The maximum atomic E-state index is 10.3. The monoisotopic (exact) mass is 204 g/mol. The average molecular weight is 204 g/mol. The van der Waals surface area contributed by atoms with E-state index in [1.54, 1.807) is 0 Å². The molecule has 5 nitrogen and oxygen atoms in total. The predicted octanol–water partition coefficient (Wildman–Crippen LogP) is -0.752. The van der Waals surface area contributed by atoms with Gasteiger partial charge in [-0.3, -0.25) is 0 Å². The lowest BCUT2D eigenvalue weighted by Gasteiger charge is -2.03. The largest absolute Gasteiger partial charge is 0.748 e. The molecule has 1 heterocycles. The fourth-order valence-corrected chi connectivity index (χ4v) is 1.54. The molecule has 1 aromatic heterocycles. The van der Waals surface area contributed by atoms with Gasteiger partial charge in [-0.05, 0) is 6.42 Å². The van der Waals surface area contributed by atoms with Crippen LogP contribution in [0.15, 0.2) is 18.7 Å². The minimum atomic E-state index is -4.06. The number of aryl methyl sites for hydroxylation is 2. The van der Waals surface area contributed by atoms with Crippen LogP contribution in [0.25, 0.3) is 0 Å². The van der Waals surface area contributed by atoms with Crippen LogP contribution < -0.4 is 4.57 Å². The lowest BCUT2D eigenvalue weighted by molar-refractivity contribution is -0.671. The molecule has 0 aliphatic heterocycles. The zero-order valence-corrected chi connectivity index (χ0v) is 8.20. The molecule has 0 saturated carbocycles. The second-order valence-electron chi connectivity index (χ2n) is 2.93. The Balaban J connectivity index is 2.36. The van der Waals surface area contributed by atoms with Gasteiger partial charge in [-0.25, -0.2) is 17.6 Å². The Morgan fingerprint density at radius 3 is 2.69 bits per heavy atom. The molecular weight excluding hydrogens is 192 g/mol. The van der Waals surface area contributed by atoms with E-state index in [1.165, 1.54) is 0 Å². The Bertz CT molecular complexity index is 369. The van der Waals surface area contributed by atoms with Crippen molar-refractivity contribution in [1.29, 1.82) is 0 Å². The molecule has 0 fully saturated rings. The van der Waals surface area contributed by atoms with Crippen molar-refractivity contribution in [3.8, 4) is 0 Å². The van der Waals surface area contributed by atoms with E-state index in [0.29, 0.717) is 13.0 Å². The summed E-state index contributed by atoms with van der Waals surface area (Å²) in [6.45, 7) is 0.558. The van der Waals surface area contributed by atoms with E-state index in [9.17, 15) is 13.0 Å². The molecule has 0 bridgehead atoms. The van der Waals surface area contributed by atoms with Crippen molar-refractivity contribution in [2.45, 2.75) is 13.0 Å². The summed E-state index contributed by atoms with van der Waals surface area (Å²) in [6, 6.07) is 0. The summed E-state index contributed by atoms with van der Waals surface area (Å²) in [6.07, 6.45) is 5.88. The van der Waals surface area contributed by atoms with Gasteiger partial charge in [0.2, 0.25) is 6.33 Å². The maximum Gasteiger partial charge on any atom is 0.243 e. The summed E-state index contributed by atoms with van der Waals surface area (Å²) in [5, 5.41) is 0.